The number of nitrogens with one attached hydrogen (secondary N) is 1. The topological polar surface area (TPSA) is 72.5 Å². The van der Waals surface area contributed by atoms with Crippen LogP contribution in [0.2, 0.25) is 5.02 Å². The average molecular weight is 358 g/mol. The van der Waals surface area contributed by atoms with Crippen LogP contribution in [0.3, 0.4) is 0 Å². The summed E-state index contributed by atoms with van der Waals surface area (Å²) in [5.41, 5.74) is -0.306. The monoisotopic (exact) mass is 357 g/mol. The summed E-state index contributed by atoms with van der Waals surface area (Å²) in [4.78, 5) is 11.5. The van der Waals surface area contributed by atoms with Gasteiger partial charge in [-0.3, -0.25) is 4.79 Å². The Labute approximate surface area is 131 Å². The predicted octanol–water partition coefficient (Wildman–Crippen LogP) is 2.56. The largest absolute Gasteiger partial charge is 0.380 e. The minimum Gasteiger partial charge on any atom is -0.380 e. The van der Waals surface area contributed by atoms with Gasteiger partial charge < -0.3 is 10.1 Å². The molecular weight excluding hydrogens is 344 g/mol. The van der Waals surface area contributed by atoms with Crippen LogP contribution in [-0.2, 0) is 13.8 Å². The lowest BCUT2D eigenvalue weighted by atomic mass is 10.2. The highest BCUT2D eigenvalue weighted by atomic mass is 35.7. The Morgan fingerprint density at radius 2 is 2.10 bits per heavy atom. The quantitative estimate of drug-likeness (QED) is 0.794. The third-order valence-corrected chi connectivity index (χ3v) is 4.19. The molecule has 0 saturated heterocycles. The van der Waals surface area contributed by atoms with Crippen molar-refractivity contribution in [3.63, 3.8) is 0 Å². The van der Waals surface area contributed by atoms with Crippen molar-refractivity contribution in [3.8, 4) is 0 Å². The van der Waals surface area contributed by atoms with E-state index in [1.165, 1.54) is 0 Å². The first-order valence-electron chi connectivity index (χ1n) is 5.99. The summed E-state index contributed by atoms with van der Waals surface area (Å²) < 4.78 is 41.2. The standard InChI is InChI=1S/C12H14Cl2FNO4S/c1-3-20-6-7(2)16-12(17)9-4-8(21(14,18)19)5-10(15)11(9)13/h4-5,7H,3,6H2,1-2H3,(H,16,17). The van der Waals surface area contributed by atoms with Gasteiger partial charge in [-0.15, -0.1) is 0 Å². The first-order chi connectivity index (χ1) is 9.66. The first kappa shape index (κ1) is 18.2. The van der Waals surface area contributed by atoms with Gasteiger partial charge in [0.2, 0.25) is 0 Å². The van der Waals surface area contributed by atoms with Gasteiger partial charge in [-0.25, -0.2) is 12.8 Å². The fourth-order valence-electron chi connectivity index (χ4n) is 1.51. The molecule has 0 heterocycles. The number of rotatable bonds is 6. The van der Waals surface area contributed by atoms with Crippen LogP contribution in [0.15, 0.2) is 17.0 Å². The van der Waals surface area contributed by atoms with Crippen molar-refractivity contribution in [1.29, 1.82) is 0 Å². The highest BCUT2D eigenvalue weighted by Gasteiger charge is 2.21. The van der Waals surface area contributed by atoms with E-state index < -0.39 is 30.7 Å². The molecular formula is C12H14Cl2FNO4S. The Kier molecular flexibility index (Phi) is 6.40. The molecule has 1 aromatic rings. The molecule has 0 spiro atoms. The zero-order valence-electron chi connectivity index (χ0n) is 11.3. The van der Waals surface area contributed by atoms with Gasteiger partial charge in [0.15, 0.2) is 0 Å². The Bertz CT molecular complexity index is 636. The third kappa shape index (κ3) is 5.10. The number of carbonyl (C=O) groups excluding carboxylic acids is 1. The maximum absolute atomic E-state index is 13.6. The van der Waals surface area contributed by atoms with E-state index in [9.17, 15) is 17.6 Å². The second kappa shape index (κ2) is 7.40. The highest BCUT2D eigenvalue weighted by molar-refractivity contribution is 8.13. The van der Waals surface area contributed by atoms with Crippen molar-refractivity contribution in [2.24, 2.45) is 0 Å². The Morgan fingerprint density at radius 3 is 2.62 bits per heavy atom. The molecule has 1 atom stereocenters. The lowest BCUT2D eigenvalue weighted by Gasteiger charge is -2.14. The van der Waals surface area contributed by atoms with Crippen molar-refractivity contribution in [2.75, 3.05) is 13.2 Å². The zero-order chi connectivity index (χ0) is 16.2. The average Bonchev–Trinajstić information content (AvgIpc) is 2.37. The molecule has 5 nitrogen and oxygen atoms in total. The van der Waals surface area contributed by atoms with E-state index in [1.807, 2.05) is 0 Å². The fourth-order valence-corrected chi connectivity index (χ4v) is 2.47. The first-order valence-corrected chi connectivity index (χ1v) is 8.67. The SMILES string of the molecule is CCOCC(C)NC(=O)c1cc(S(=O)(=O)Cl)cc(F)c1Cl. The number of carbonyl (C=O) groups is 1. The predicted molar refractivity (Wildman–Crippen MR) is 77.9 cm³/mol. The number of benzene rings is 1. The van der Waals surface area contributed by atoms with Crippen molar-refractivity contribution in [3.05, 3.63) is 28.5 Å². The molecule has 0 radical (unpaired) electrons. The number of amides is 1. The van der Waals surface area contributed by atoms with E-state index in [0.717, 1.165) is 6.07 Å². The smallest absolute Gasteiger partial charge is 0.261 e. The molecule has 0 bridgehead atoms. The zero-order valence-corrected chi connectivity index (χ0v) is 13.6. The Balaban J connectivity index is 3.06. The molecule has 0 aliphatic carbocycles. The molecule has 0 aliphatic rings. The molecule has 0 fully saturated rings. The molecule has 118 valence electrons. The van der Waals surface area contributed by atoms with Crippen LogP contribution in [-0.4, -0.2) is 33.6 Å². The fraction of sp³-hybridized carbons (Fsp3) is 0.417. The molecule has 1 N–H and O–H groups in total. The highest BCUT2D eigenvalue weighted by Crippen LogP contribution is 2.26. The summed E-state index contributed by atoms with van der Waals surface area (Å²) in [6, 6.07) is 1.23. The van der Waals surface area contributed by atoms with Gasteiger partial charge >= 0.3 is 0 Å². The molecule has 1 amide bonds. The van der Waals surface area contributed by atoms with Crippen LogP contribution in [0.1, 0.15) is 24.2 Å². The van der Waals surface area contributed by atoms with Crippen LogP contribution < -0.4 is 5.32 Å². The number of hydrogen-bond acceptors (Lipinski definition) is 4. The van der Waals surface area contributed by atoms with E-state index in [4.69, 9.17) is 27.0 Å². The number of halogens is 3. The van der Waals surface area contributed by atoms with Crippen molar-refractivity contribution < 1.29 is 22.3 Å². The summed E-state index contributed by atoms with van der Waals surface area (Å²) in [6.45, 7) is 4.22. The van der Waals surface area contributed by atoms with Gasteiger partial charge in [-0.1, -0.05) is 11.6 Å². The van der Waals surface area contributed by atoms with Crippen molar-refractivity contribution in [1.82, 2.24) is 5.32 Å². The van der Waals surface area contributed by atoms with Crippen LogP contribution in [0.4, 0.5) is 4.39 Å². The van der Waals surface area contributed by atoms with Crippen LogP contribution in [0.25, 0.3) is 0 Å². The number of hydrogen-bond donors (Lipinski definition) is 1. The molecule has 1 aromatic carbocycles. The van der Waals surface area contributed by atoms with E-state index in [1.54, 1.807) is 13.8 Å². The van der Waals surface area contributed by atoms with Gasteiger partial charge in [0.05, 0.1) is 22.1 Å². The van der Waals surface area contributed by atoms with Gasteiger partial charge in [0, 0.05) is 23.3 Å². The Morgan fingerprint density at radius 1 is 1.48 bits per heavy atom. The van der Waals surface area contributed by atoms with Crippen LogP contribution >= 0.6 is 22.3 Å². The molecule has 21 heavy (non-hydrogen) atoms. The maximum Gasteiger partial charge on any atom is 0.261 e. The number of ether oxygens (including phenoxy) is 1. The lowest BCUT2D eigenvalue weighted by Crippen LogP contribution is -2.36. The summed E-state index contributed by atoms with van der Waals surface area (Å²) >= 11 is 5.69. The van der Waals surface area contributed by atoms with Crippen molar-refractivity contribution >= 4 is 37.2 Å². The molecule has 1 unspecified atom stereocenters. The molecule has 1 rings (SSSR count). The summed E-state index contributed by atoms with van der Waals surface area (Å²) in [5, 5.41) is 2.05. The second-order valence-electron chi connectivity index (χ2n) is 4.24. The van der Waals surface area contributed by atoms with Gasteiger partial charge in [0.1, 0.15) is 5.82 Å². The van der Waals surface area contributed by atoms with E-state index in [0.29, 0.717) is 12.7 Å². The summed E-state index contributed by atoms with van der Waals surface area (Å²) in [5.74, 6) is -1.76. The second-order valence-corrected chi connectivity index (χ2v) is 7.18. The minimum atomic E-state index is -4.17. The van der Waals surface area contributed by atoms with Gasteiger partial charge in [0.25, 0.3) is 15.0 Å². The van der Waals surface area contributed by atoms with Gasteiger partial charge in [-0.05, 0) is 26.0 Å². The lowest BCUT2D eigenvalue weighted by molar-refractivity contribution is 0.0871. The van der Waals surface area contributed by atoms with Crippen LogP contribution in [0.5, 0.6) is 0 Å². The maximum atomic E-state index is 13.6. The van der Waals surface area contributed by atoms with Crippen molar-refractivity contribution in [2.45, 2.75) is 24.8 Å². The minimum absolute atomic E-state index is 0.260. The van der Waals surface area contributed by atoms with E-state index in [-0.39, 0.29) is 18.2 Å². The molecule has 0 aromatic heterocycles. The van der Waals surface area contributed by atoms with E-state index in [2.05, 4.69) is 5.32 Å². The molecule has 0 aliphatic heterocycles. The summed E-state index contributed by atoms with van der Waals surface area (Å²) in [7, 11) is 0.973. The summed E-state index contributed by atoms with van der Waals surface area (Å²) in [6.07, 6.45) is 0. The van der Waals surface area contributed by atoms with Gasteiger partial charge in [-0.2, -0.15) is 0 Å². The Hall–Kier alpha value is -0.890. The molecule has 9 heteroatoms. The normalized spacial score (nSPS) is 13.0. The van der Waals surface area contributed by atoms with Crippen LogP contribution in [0, 0.1) is 5.82 Å². The molecule has 0 saturated carbocycles. The van der Waals surface area contributed by atoms with E-state index >= 15 is 0 Å². The third-order valence-electron chi connectivity index (χ3n) is 2.48.